The number of pyridine rings is 1. The van der Waals surface area contributed by atoms with Gasteiger partial charge in [-0.25, -0.2) is 4.98 Å². The van der Waals surface area contributed by atoms with Crippen molar-refractivity contribution in [3.05, 3.63) is 23.9 Å². The second-order valence-electron chi connectivity index (χ2n) is 3.64. The van der Waals surface area contributed by atoms with Crippen LogP contribution in [0.5, 0.6) is 0 Å². The number of aromatic nitrogens is 1. The summed E-state index contributed by atoms with van der Waals surface area (Å²) in [6, 6.07) is 3.61. The molecule has 0 bridgehead atoms. The molecular formula is C11H17N3O. The number of hydrogen-bond acceptors (Lipinski definition) is 3. The van der Waals surface area contributed by atoms with Crippen molar-refractivity contribution in [2.24, 2.45) is 5.73 Å². The zero-order chi connectivity index (χ0) is 11.3. The molecule has 1 heterocycles. The molecule has 4 nitrogen and oxygen atoms in total. The highest BCUT2D eigenvalue weighted by Gasteiger charge is 2.07. The molecule has 0 saturated carbocycles. The first-order valence-corrected chi connectivity index (χ1v) is 5.10. The monoisotopic (exact) mass is 207 g/mol. The van der Waals surface area contributed by atoms with Crippen molar-refractivity contribution in [3.8, 4) is 0 Å². The average Bonchev–Trinajstić information content (AvgIpc) is 2.21. The molecule has 1 aromatic rings. The molecule has 3 N–H and O–H groups in total. The van der Waals surface area contributed by atoms with E-state index < -0.39 is 0 Å². The average molecular weight is 207 g/mol. The van der Waals surface area contributed by atoms with Gasteiger partial charge >= 0.3 is 0 Å². The molecule has 0 aliphatic carbocycles. The summed E-state index contributed by atoms with van der Waals surface area (Å²) in [6.07, 6.45) is 2.86. The van der Waals surface area contributed by atoms with Crippen LogP contribution in [-0.4, -0.2) is 16.9 Å². The number of nitrogens with one attached hydrogen (secondary N) is 1. The van der Waals surface area contributed by atoms with Crippen LogP contribution in [0, 0.1) is 6.92 Å². The Balaban J connectivity index is 2.48. The van der Waals surface area contributed by atoms with Crippen LogP contribution < -0.4 is 11.1 Å². The molecule has 0 spiro atoms. The fourth-order valence-corrected chi connectivity index (χ4v) is 1.12. The number of carbonyl (C=O) groups excluding carboxylic acids is 1. The van der Waals surface area contributed by atoms with Crippen LogP contribution in [-0.2, 0) is 4.79 Å². The van der Waals surface area contributed by atoms with Crippen molar-refractivity contribution in [1.82, 2.24) is 4.98 Å². The Morgan fingerprint density at radius 3 is 2.87 bits per heavy atom. The van der Waals surface area contributed by atoms with Gasteiger partial charge in [-0.3, -0.25) is 4.79 Å². The Labute approximate surface area is 89.9 Å². The van der Waals surface area contributed by atoms with Crippen molar-refractivity contribution in [1.29, 1.82) is 0 Å². The maximum Gasteiger partial charge on any atom is 0.227 e. The minimum atomic E-state index is -0.0827. The van der Waals surface area contributed by atoms with E-state index >= 15 is 0 Å². The topological polar surface area (TPSA) is 68.0 Å². The fraction of sp³-hybridized carbons (Fsp3) is 0.455. The van der Waals surface area contributed by atoms with Crippen molar-refractivity contribution in [2.45, 2.75) is 32.7 Å². The molecule has 0 saturated heterocycles. The predicted molar refractivity (Wildman–Crippen MR) is 60.5 cm³/mol. The molecule has 1 aromatic heterocycles. The summed E-state index contributed by atoms with van der Waals surface area (Å²) in [5.41, 5.74) is 6.74. The Morgan fingerprint density at radius 1 is 1.60 bits per heavy atom. The molecule has 0 radical (unpaired) electrons. The van der Waals surface area contributed by atoms with E-state index in [4.69, 9.17) is 5.73 Å². The number of anilines is 1. The quantitative estimate of drug-likeness (QED) is 0.785. The minimum absolute atomic E-state index is 0.0737. The molecule has 1 amide bonds. The van der Waals surface area contributed by atoms with Crippen molar-refractivity contribution >= 4 is 11.7 Å². The Kier molecular flexibility index (Phi) is 4.24. The summed E-state index contributed by atoms with van der Waals surface area (Å²) in [4.78, 5) is 15.5. The Morgan fingerprint density at radius 2 is 2.33 bits per heavy atom. The smallest absolute Gasteiger partial charge is 0.227 e. The van der Waals surface area contributed by atoms with Gasteiger partial charge in [-0.15, -0.1) is 0 Å². The van der Waals surface area contributed by atoms with E-state index in [9.17, 15) is 4.79 Å². The first kappa shape index (κ1) is 11.7. The normalized spacial score (nSPS) is 12.2. The molecule has 1 rings (SSSR count). The molecule has 4 heteroatoms. The highest BCUT2D eigenvalue weighted by Crippen LogP contribution is 2.05. The number of rotatable bonds is 4. The maximum absolute atomic E-state index is 11.4. The number of nitrogens with two attached hydrogens (primary N) is 1. The molecule has 0 fully saturated rings. The molecule has 0 aliphatic heterocycles. The number of nitrogens with zero attached hydrogens (tertiary/aromatic N) is 1. The van der Waals surface area contributed by atoms with Crippen molar-refractivity contribution in [3.63, 3.8) is 0 Å². The standard InChI is InChI=1S/C11H17N3O/c1-3-9(12)6-11(15)14-10-5-4-8(2)7-13-10/h4-5,7,9H,3,6,12H2,1-2H3,(H,13,14,15). The summed E-state index contributed by atoms with van der Waals surface area (Å²) in [5, 5.41) is 2.70. The van der Waals surface area contributed by atoms with Gasteiger partial charge in [0, 0.05) is 18.7 Å². The van der Waals surface area contributed by atoms with Gasteiger partial charge in [-0.05, 0) is 25.0 Å². The largest absolute Gasteiger partial charge is 0.327 e. The predicted octanol–water partition coefficient (Wildman–Crippen LogP) is 1.46. The van der Waals surface area contributed by atoms with Crippen molar-refractivity contribution in [2.75, 3.05) is 5.32 Å². The molecule has 0 aromatic carbocycles. The van der Waals surface area contributed by atoms with Gasteiger partial charge in [0.15, 0.2) is 0 Å². The van der Waals surface area contributed by atoms with Gasteiger partial charge in [-0.1, -0.05) is 13.0 Å². The fourth-order valence-electron chi connectivity index (χ4n) is 1.12. The van der Waals surface area contributed by atoms with E-state index in [1.54, 1.807) is 12.3 Å². The molecule has 0 aliphatic rings. The number of carbonyl (C=O) groups is 1. The van der Waals surface area contributed by atoms with E-state index in [1.165, 1.54) is 0 Å². The molecule has 82 valence electrons. The highest BCUT2D eigenvalue weighted by molar-refractivity contribution is 5.90. The van der Waals surface area contributed by atoms with E-state index in [0.29, 0.717) is 12.2 Å². The Hall–Kier alpha value is -1.42. The Bertz CT molecular complexity index is 321. The second-order valence-corrected chi connectivity index (χ2v) is 3.64. The van der Waals surface area contributed by atoms with Gasteiger partial charge in [-0.2, -0.15) is 0 Å². The van der Waals surface area contributed by atoms with E-state index in [0.717, 1.165) is 12.0 Å². The van der Waals surface area contributed by atoms with Crippen LogP contribution in [0.2, 0.25) is 0 Å². The van der Waals surface area contributed by atoms with E-state index in [2.05, 4.69) is 10.3 Å². The third-order valence-corrected chi connectivity index (χ3v) is 2.15. The number of amides is 1. The van der Waals surface area contributed by atoms with Gasteiger partial charge in [0.25, 0.3) is 0 Å². The van der Waals surface area contributed by atoms with Gasteiger partial charge < -0.3 is 11.1 Å². The highest BCUT2D eigenvalue weighted by atomic mass is 16.1. The number of aryl methyl sites for hydroxylation is 1. The number of hydrogen-bond donors (Lipinski definition) is 2. The lowest BCUT2D eigenvalue weighted by atomic mass is 10.1. The second kappa shape index (κ2) is 5.46. The molecule has 1 atom stereocenters. The lowest BCUT2D eigenvalue weighted by Crippen LogP contribution is -2.26. The maximum atomic E-state index is 11.4. The van der Waals surface area contributed by atoms with E-state index in [-0.39, 0.29) is 11.9 Å². The minimum Gasteiger partial charge on any atom is -0.327 e. The van der Waals surface area contributed by atoms with Crippen LogP contribution in [0.1, 0.15) is 25.3 Å². The van der Waals surface area contributed by atoms with Crippen molar-refractivity contribution < 1.29 is 4.79 Å². The van der Waals surface area contributed by atoms with Crippen LogP contribution >= 0.6 is 0 Å². The summed E-state index contributed by atoms with van der Waals surface area (Å²) < 4.78 is 0. The summed E-state index contributed by atoms with van der Waals surface area (Å²) in [5.74, 6) is 0.495. The van der Waals surface area contributed by atoms with Gasteiger partial charge in [0.2, 0.25) is 5.91 Å². The van der Waals surface area contributed by atoms with Crippen LogP contribution in [0.15, 0.2) is 18.3 Å². The molecule has 15 heavy (non-hydrogen) atoms. The third kappa shape index (κ3) is 4.08. The molecule has 1 unspecified atom stereocenters. The van der Waals surface area contributed by atoms with Gasteiger partial charge in [0.05, 0.1) is 0 Å². The van der Waals surface area contributed by atoms with E-state index in [1.807, 2.05) is 19.9 Å². The first-order valence-electron chi connectivity index (χ1n) is 5.10. The SMILES string of the molecule is CCC(N)CC(=O)Nc1ccc(C)cn1. The lowest BCUT2D eigenvalue weighted by Gasteiger charge is -2.08. The van der Waals surface area contributed by atoms with Crippen LogP contribution in [0.4, 0.5) is 5.82 Å². The third-order valence-electron chi connectivity index (χ3n) is 2.15. The summed E-state index contributed by atoms with van der Waals surface area (Å²) >= 11 is 0. The summed E-state index contributed by atoms with van der Waals surface area (Å²) in [6.45, 7) is 3.91. The van der Waals surface area contributed by atoms with Crippen LogP contribution in [0.3, 0.4) is 0 Å². The zero-order valence-electron chi connectivity index (χ0n) is 9.16. The van der Waals surface area contributed by atoms with Gasteiger partial charge in [0.1, 0.15) is 5.82 Å². The van der Waals surface area contributed by atoms with Crippen LogP contribution in [0.25, 0.3) is 0 Å². The zero-order valence-corrected chi connectivity index (χ0v) is 9.16. The lowest BCUT2D eigenvalue weighted by molar-refractivity contribution is -0.116. The summed E-state index contributed by atoms with van der Waals surface area (Å²) in [7, 11) is 0. The molecular weight excluding hydrogens is 190 g/mol. The first-order chi connectivity index (χ1) is 7.11.